The monoisotopic (exact) mass is 372 g/mol. The topological polar surface area (TPSA) is 112 Å². The number of carbonyl (C=O) groups is 3. The molecule has 6 heteroatoms. The Hall–Kier alpha value is -1.59. The Balaban J connectivity index is 6.19. The largest absolute Gasteiger partial charge is 0.481 e. The maximum Gasteiger partial charge on any atom is 0.307 e. The van der Waals surface area contributed by atoms with Crippen LogP contribution in [0.1, 0.15) is 68.7 Å². The van der Waals surface area contributed by atoms with E-state index in [9.17, 15) is 29.7 Å². The average molecular weight is 373 g/mol. The third-order valence-corrected chi connectivity index (χ3v) is 5.53. The predicted molar refractivity (Wildman–Crippen MR) is 99.8 cm³/mol. The van der Waals surface area contributed by atoms with E-state index in [1.54, 1.807) is 41.5 Å². The molecule has 0 aliphatic rings. The first-order chi connectivity index (χ1) is 11.3. The Morgan fingerprint density at radius 1 is 0.731 bits per heavy atom. The van der Waals surface area contributed by atoms with Crippen molar-refractivity contribution in [3.05, 3.63) is 0 Å². The van der Waals surface area contributed by atoms with Crippen molar-refractivity contribution >= 4 is 17.9 Å². The Kier molecular flexibility index (Phi) is 7.48. The van der Waals surface area contributed by atoms with Crippen LogP contribution in [-0.4, -0.2) is 33.2 Å². The molecule has 3 N–H and O–H groups in total. The molecular formula is C20H36O6. The summed E-state index contributed by atoms with van der Waals surface area (Å²) in [6.07, 6.45) is 0.381. The van der Waals surface area contributed by atoms with Gasteiger partial charge in [-0.15, -0.1) is 0 Å². The van der Waals surface area contributed by atoms with Crippen molar-refractivity contribution in [1.29, 1.82) is 0 Å². The molecule has 0 heterocycles. The van der Waals surface area contributed by atoms with Crippen LogP contribution in [0.15, 0.2) is 0 Å². The maximum atomic E-state index is 12.1. The van der Waals surface area contributed by atoms with Crippen molar-refractivity contribution in [3.8, 4) is 0 Å². The first-order valence-corrected chi connectivity index (χ1v) is 9.02. The van der Waals surface area contributed by atoms with Crippen molar-refractivity contribution in [1.82, 2.24) is 0 Å². The van der Waals surface area contributed by atoms with Crippen LogP contribution in [0.25, 0.3) is 0 Å². The van der Waals surface area contributed by atoms with Gasteiger partial charge >= 0.3 is 17.9 Å². The maximum absolute atomic E-state index is 12.1. The number of hydrogen-bond acceptors (Lipinski definition) is 3. The molecule has 4 atom stereocenters. The fourth-order valence-electron chi connectivity index (χ4n) is 3.84. The average Bonchev–Trinajstić information content (AvgIpc) is 2.37. The smallest absolute Gasteiger partial charge is 0.307 e. The molecular weight excluding hydrogens is 336 g/mol. The lowest BCUT2D eigenvalue weighted by Gasteiger charge is -2.46. The van der Waals surface area contributed by atoms with Gasteiger partial charge in [-0.05, 0) is 28.6 Å². The second kappa shape index (κ2) is 7.97. The third-order valence-electron chi connectivity index (χ3n) is 5.53. The van der Waals surface area contributed by atoms with E-state index in [1.807, 2.05) is 20.8 Å². The molecule has 0 aromatic carbocycles. The molecule has 0 rings (SSSR count). The Labute approximate surface area is 157 Å². The molecule has 4 unspecified atom stereocenters. The molecule has 0 saturated carbocycles. The first kappa shape index (κ1) is 24.4. The number of aliphatic carboxylic acids is 3. The minimum Gasteiger partial charge on any atom is -0.481 e. The molecule has 0 aliphatic heterocycles. The van der Waals surface area contributed by atoms with E-state index < -0.39 is 52.4 Å². The lowest BCUT2D eigenvalue weighted by atomic mass is 9.56. The quantitative estimate of drug-likeness (QED) is 0.588. The van der Waals surface area contributed by atoms with Crippen molar-refractivity contribution < 1.29 is 29.7 Å². The zero-order chi connectivity index (χ0) is 21.2. The summed E-state index contributed by atoms with van der Waals surface area (Å²) < 4.78 is 0. The lowest BCUT2D eigenvalue weighted by molar-refractivity contribution is -0.169. The number of carboxylic acid groups (broad SMARTS) is 3. The van der Waals surface area contributed by atoms with Crippen molar-refractivity contribution in [3.63, 3.8) is 0 Å². The molecule has 6 nitrogen and oxygen atoms in total. The van der Waals surface area contributed by atoms with E-state index in [2.05, 4.69) is 0 Å². The summed E-state index contributed by atoms with van der Waals surface area (Å²) in [5.41, 5.74) is -2.06. The van der Waals surface area contributed by atoms with Crippen molar-refractivity contribution in [2.75, 3.05) is 0 Å². The first-order valence-electron chi connectivity index (χ1n) is 9.02. The number of carboxylic acids is 3. The molecule has 0 fully saturated rings. The van der Waals surface area contributed by atoms with Gasteiger partial charge in [-0.1, -0.05) is 62.3 Å². The highest BCUT2D eigenvalue weighted by molar-refractivity contribution is 5.81. The van der Waals surface area contributed by atoms with E-state index in [0.29, 0.717) is 6.42 Å². The third kappa shape index (κ3) is 5.99. The molecule has 0 spiro atoms. The second-order valence-corrected chi connectivity index (χ2v) is 10.3. The van der Waals surface area contributed by atoms with Gasteiger partial charge in [0.1, 0.15) is 0 Å². The van der Waals surface area contributed by atoms with E-state index in [-0.39, 0.29) is 5.41 Å². The second-order valence-electron chi connectivity index (χ2n) is 10.3. The van der Waals surface area contributed by atoms with Crippen LogP contribution in [0.3, 0.4) is 0 Å². The molecule has 152 valence electrons. The van der Waals surface area contributed by atoms with Crippen LogP contribution < -0.4 is 0 Å². The zero-order valence-electron chi connectivity index (χ0n) is 17.6. The minimum absolute atomic E-state index is 0.248. The predicted octanol–water partition coefficient (Wildman–Crippen LogP) is 4.23. The van der Waals surface area contributed by atoms with Crippen LogP contribution in [0.5, 0.6) is 0 Å². The number of rotatable bonds is 8. The molecule has 0 saturated heterocycles. The Bertz CT molecular complexity index is 535. The number of hydrogen-bond donors (Lipinski definition) is 3. The van der Waals surface area contributed by atoms with Gasteiger partial charge in [-0.3, -0.25) is 14.4 Å². The van der Waals surface area contributed by atoms with Crippen LogP contribution in [0, 0.1) is 39.9 Å². The summed E-state index contributed by atoms with van der Waals surface area (Å²) in [5.74, 6) is -6.99. The molecule has 0 radical (unpaired) electrons. The lowest BCUT2D eigenvalue weighted by Crippen LogP contribution is -2.50. The fraction of sp³-hybridized carbons (Fsp3) is 0.850. The van der Waals surface area contributed by atoms with Gasteiger partial charge < -0.3 is 15.3 Å². The van der Waals surface area contributed by atoms with Crippen molar-refractivity contribution in [2.45, 2.75) is 68.7 Å². The highest BCUT2D eigenvalue weighted by Gasteiger charge is 2.53. The van der Waals surface area contributed by atoms with Gasteiger partial charge in [0.15, 0.2) is 0 Å². The van der Waals surface area contributed by atoms with Crippen LogP contribution in [-0.2, 0) is 14.4 Å². The zero-order valence-corrected chi connectivity index (χ0v) is 17.6. The van der Waals surface area contributed by atoms with Gasteiger partial charge in [0.25, 0.3) is 0 Å². The molecule has 0 aromatic heterocycles. The molecule has 26 heavy (non-hydrogen) atoms. The fourth-order valence-corrected chi connectivity index (χ4v) is 3.84. The van der Waals surface area contributed by atoms with E-state index in [4.69, 9.17) is 0 Å². The van der Waals surface area contributed by atoms with Gasteiger partial charge in [0.2, 0.25) is 0 Å². The molecule has 0 amide bonds. The van der Waals surface area contributed by atoms with Crippen LogP contribution >= 0.6 is 0 Å². The summed E-state index contributed by atoms with van der Waals surface area (Å²) in [5, 5.41) is 29.3. The highest BCUT2D eigenvalue weighted by atomic mass is 16.4. The summed E-state index contributed by atoms with van der Waals surface area (Å²) in [6, 6.07) is 0. The summed E-state index contributed by atoms with van der Waals surface area (Å²) in [6.45, 7) is 16.0. The Morgan fingerprint density at radius 2 is 1.12 bits per heavy atom. The SMILES string of the molecule is CC(C(CC(C)(C)C)C(=O)O)C(C)(C)C(C(=O)O)C(C(=O)O)C(C)(C)C. The molecule has 0 bridgehead atoms. The molecule has 0 aromatic rings. The summed E-state index contributed by atoms with van der Waals surface area (Å²) in [7, 11) is 0. The van der Waals surface area contributed by atoms with Gasteiger partial charge in [0, 0.05) is 0 Å². The standard InChI is InChI=1S/C20H36O6/c1-11(12(15(21)22)10-18(2,3)4)20(8,9)14(17(25)26)13(16(23)24)19(5,6)7/h11-14H,10H2,1-9H3,(H,21,22)(H,23,24)(H,25,26). The van der Waals surface area contributed by atoms with Crippen molar-refractivity contribution in [2.24, 2.45) is 39.9 Å². The Morgan fingerprint density at radius 3 is 1.35 bits per heavy atom. The summed E-state index contributed by atoms with van der Waals surface area (Å²) >= 11 is 0. The van der Waals surface area contributed by atoms with E-state index in [1.165, 1.54) is 0 Å². The van der Waals surface area contributed by atoms with Crippen LogP contribution in [0.4, 0.5) is 0 Å². The van der Waals surface area contributed by atoms with Gasteiger partial charge in [0.05, 0.1) is 17.8 Å². The van der Waals surface area contributed by atoms with Gasteiger partial charge in [-0.2, -0.15) is 0 Å². The van der Waals surface area contributed by atoms with E-state index in [0.717, 1.165) is 0 Å². The molecule has 0 aliphatic carbocycles. The van der Waals surface area contributed by atoms with E-state index >= 15 is 0 Å². The normalized spacial score (nSPS) is 17.9. The summed E-state index contributed by atoms with van der Waals surface area (Å²) in [4.78, 5) is 35.9. The highest BCUT2D eigenvalue weighted by Crippen LogP contribution is 2.49. The van der Waals surface area contributed by atoms with Crippen LogP contribution in [0.2, 0.25) is 0 Å². The van der Waals surface area contributed by atoms with Gasteiger partial charge in [-0.25, -0.2) is 0 Å². The minimum atomic E-state index is -1.21.